The molecule has 0 atom stereocenters. The predicted molar refractivity (Wildman–Crippen MR) is 100 cm³/mol. The second-order valence-corrected chi connectivity index (χ2v) is 6.98. The van der Waals surface area contributed by atoms with Gasteiger partial charge in [0.25, 0.3) is 5.91 Å². The molecule has 0 spiro atoms. The number of hydrogen-bond acceptors (Lipinski definition) is 7. The van der Waals surface area contributed by atoms with E-state index in [2.05, 4.69) is 25.2 Å². The van der Waals surface area contributed by atoms with Crippen molar-refractivity contribution in [1.82, 2.24) is 25.2 Å². The highest BCUT2D eigenvalue weighted by Crippen LogP contribution is 2.29. The van der Waals surface area contributed by atoms with Crippen LogP contribution < -0.4 is 5.32 Å². The number of thiazole rings is 1. The van der Waals surface area contributed by atoms with E-state index in [0.717, 1.165) is 43.1 Å². The molecule has 0 saturated carbocycles. The molecule has 1 aliphatic heterocycles. The molecule has 7 nitrogen and oxygen atoms in total. The number of aromatic nitrogens is 3. The van der Waals surface area contributed by atoms with Crippen molar-refractivity contribution in [3.8, 4) is 10.7 Å². The van der Waals surface area contributed by atoms with Crippen LogP contribution in [0.2, 0.25) is 0 Å². The van der Waals surface area contributed by atoms with Crippen molar-refractivity contribution in [2.45, 2.75) is 0 Å². The number of morpholine rings is 1. The van der Waals surface area contributed by atoms with E-state index < -0.39 is 0 Å². The molecule has 8 heteroatoms. The molecule has 3 aromatic rings. The molecule has 1 aromatic carbocycles. The summed E-state index contributed by atoms with van der Waals surface area (Å²) in [6.45, 7) is 4.66. The Morgan fingerprint density at radius 3 is 2.85 bits per heavy atom. The van der Waals surface area contributed by atoms with Gasteiger partial charge in [-0.2, -0.15) is 0 Å². The van der Waals surface area contributed by atoms with Crippen molar-refractivity contribution in [3.63, 3.8) is 0 Å². The van der Waals surface area contributed by atoms with Crippen molar-refractivity contribution in [2.75, 3.05) is 39.4 Å². The molecule has 2 aromatic heterocycles. The zero-order valence-electron chi connectivity index (χ0n) is 14.2. The van der Waals surface area contributed by atoms with Crippen molar-refractivity contribution < 1.29 is 9.53 Å². The summed E-state index contributed by atoms with van der Waals surface area (Å²) < 4.78 is 6.39. The molecule has 0 radical (unpaired) electrons. The number of carbonyl (C=O) groups is 1. The summed E-state index contributed by atoms with van der Waals surface area (Å²) >= 11 is 1.51. The number of amides is 1. The fourth-order valence-corrected chi connectivity index (χ4v) is 3.83. The maximum Gasteiger partial charge on any atom is 0.272 e. The summed E-state index contributed by atoms with van der Waals surface area (Å²) in [5.74, 6) is -0.222. The van der Waals surface area contributed by atoms with Gasteiger partial charge in [0.05, 0.1) is 23.4 Å². The Bertz CT molecular complexity index is 874. The van der Waals surface area contributed by atoms with Gasteiger partial charge in [-0.05, 0) is 12.1 Å². The highest BCUT2D eigenvalue weighted by atomic mass is 32.1. The second kappa shape index (κ2) is 7.86. The summed E-state index contributed by atoms with van der Waals surface area (Å²) in [6, 6.07) is 7.88. The molecule has 3 heterocycles. The summed E-state index contributed by atoms with van der Waals surface area (Å²) in [5.41, 5.74) is 1.74. The van der Waals surface area contributed by atoms with Crippen LogP contribution >= 0.6 is 11.3 Å². The third-order valence-corrected chi connectivity index (χ3v) is 5.27. The van der Waals surface area contributed by atoms with Crippen molar-refractivity contribution in [2.24, 2.45) is 0 Å². The van der Waals surface area contributed by atoms with Crippen LogP contribution in [0.5, 0.6) is 0 Å². The average Bonchev–Trinajstić information content (AvgIpc) is 3.13. The first-order valence-corrected chi connectivity index (χ1v) is 9.38. The largest absolute Gasteiger partial charge is 0.379 e. The van der Waals surface area contributed by atoms with E-state index in [4.69, 9.17) is 4.74 Å². The van der Waals surface area contributed by atoms with Gasteiger partial charge in [-0.15, -0.1) is 11.3 Å². The third kappa shape index (κ3) is 3.72. The molecule has 0 unspecified atom stereocenters. The standard InChI is InChI=1S/C18H19N5O2S/c24-17(21-7-8-23-9-11-25-12-10-23)15-16(20-6-5-19-15)18-22-13-3-1-2-4-14(13)26-18/h1-6H,7-12H2,(H,21,24). The number of ether oxygens (including phenoxy) is 1. The van der Waals surface area contributed by atoms with Crippen molar-refractivity contribution in [3.05, 3.63) is 42.4 Å². The van der Waals surface area contributed by atoms with Crippen LogP contribution in [0.25, 0.3) is 20.9 Å². The number of carbonyl (C=O) groups excluding carboxylic acids is 1. The van der Waals surface area contributed by atoms with Gasteiger partial charge in [-0.3, -0.25) is 9.69 Å². The van der Waals surface area contributed by atoms with E-state index in [1.165, 1.54) is 17.5 Å². The lowest BCUT2D eigenvalue weighted by molar-refractivity contribution is 0.0383. The van der Waals surface area contributed by atoms with Gasteiger partial charge < -0.3 is 10.1 Å². The normalized spacial score (nSPS) is 15.2. The molecular formula is C18H19N5O2S. The lowest BCUT2D eigenvalue weighted by Crippen LogP contribution is -2.41. The fourth-order valence-electron chi connectivity index (χ4n) is 2.87. The lowest BCUT2D eigenvalue weighted by atomic mass is 10.3. The summed E-state index contributed by atoms with van der Waals surface area (Å²) in [5, 5.41) is 3.65. The van der Waals surface area contributed by atoms with Gasteiger partial charge in [0.15, 0.2) is 5.69 Å². The van der Waals surface area contributed by atoms with Gasteiger partial charge in [0.1, 0.15) is 10.7 Å². The first kappa shape index (κ1) is 17.0. The quantitative estimate of drug-likeness (QED) is 0.739. The van der Waals surface area contributed by atoms with Gasteiger partial charge in [-0.25, -0.2) is 15.0 Å². The number of benzene rings is 1. The minimum absolute atomic E-state index is 0.222. The predicted octanol–water partition coefficient (Wildman–Crippen LogP) is 1.82. The Kier molecular flexibility index (Phi) is 5.14. The molecule has 1 N–H and O–H groups in total. The zero-order valence-corrected chi connectivity index (χ0v) is 15.0. The minimum atomic E-state index is -0.222. The first-order valence-electron chi connectivity index (χ1n) is 8.56. The van der Waals surface area contributed by atoms with E-state index in [-0.39, 0.29) is 5.91 Å². The molecule has 1 aliphatic rings. The molecule has 1 saturated heterocycles. The van der Waals surface area contributed by atoms with Gasteiger partial charge >= 0.3 is 0 Å². The zero-order chi connectivity index (χ0) is 17.8. The van der Waals surface area contributed by atoms with E-state index in [9.17, 15) is 4.79 Å². The van der Waals surface area contributed by atoms with Gasteiger partial charge in [0.2, 0.25) is 0 Å². The van der Waals surface area contributed by atoms with Crippen LogP contribution in [0.15, 0.2) is 36.7 Å². The van der Waals surface area contributed by atoms with Crippen LogP contribution in [0, 0.1) is 0 Å². The Morgan fingerprint density at radius 2 is 2.00 bits per heavy atom. The highest BCUT2D eigenvalue weighted by molar-refractivity contribution is 7.21. The third-order valence-electron chi connectivity index (χ3n) is 4.23. The summed E-state index contributed by atoms with van der Waals surface area (Å²) in [6.07, 6.45) is 3.12. The smallest absolute Gasteiger partial charge is 0.272 e. The number of nitrogens with one attached hydrogen (secondary N) is 1. The Morgan fingerprint density at radius 1 is 1.19 bits per heavy atom. The maximum atomic E-state index is 12.6. The fraction of sp³-hybridized carbons (Fsp3) is 0.333. The Labute approximate surface area is 155 Å². The van der Waals surface area contributed by atoms with Gasteiger partial charge in [-0.1, -0.05) is 12.1 Å². The second-order valence-electron chi connectivity index (χ2n) is 5.95. The number of hydrogen-bond donors (Lipinski definition) is 1. The number of rotatable bonds is 5. The molecule has 0 bridgehead atoms. The Hall–Kier alpha value is -2.42. The monoisotopic (exact) mass is 369 g/mol. The molecule has 4 rings (SSSR count). The van der Waals surface area contributed by atoms with Crippen LogP contribution in [0.3, 0.4) is 0 Å². The maximum absolute atomic E-state index is 12.6. The first-order chi connectivity index (χ1) is 12.8. The van der Waals surface area contributed by atoms with E-state index in [1.54, 1.807) is 6.20 Å². The molecule has 26 heavy (non-hydrogen) atoms. The molecular weight excluding hydrogens is 350 g/mol. The number of nitrogens with zero attached hydrogens (tertiary/aromatic N) is 4. The van der Waals surface area contributed by atoms with Crippen molar-refractivity contribution >= 4 is 27.5 Å². The average molecular weight is 369 g/mol. The van der Waals surface area contributed by atoms with Crippen molar-refractivity contribution in [1.29, 1.82) is 0 Å². The number of para-hydroxylation sites is 1. The molecule has 0 aliphatic carbocycles. The highest BCUT2D eigenvalue weighted by Gasteiger charge is 2.19. The SMILES string of the molecule is O=C(NCCN1CCOCC1)c1nccnc1-c1nc2ccccc2s1. The topological polar surface area (TPSA) is 80.2 Å². The van der Waals surface area contributed by atoms with Gasteiger partial charge in [0, 0.05) is 38.6 Å². The van der Waals surface area contributed by atoms with E-state index in [1.807, 2.05) is 24.3 Å². The molecule has 134 valence electrons. The summed E-state index contributed by atoms with van der Waals surface area (Å²) in [7, 11) is 0. The minimum Gasteiger partial charge on any atom is -0.379 e. The lowest BCUT2D eigenvalue weighted by Gasteiger charge is -2.26. The van der Waals surface area contributed by atoms with Crippen LogP contribution in [-0.2, 0) is 4.74 Å². The van der Waals surface area contributed by atoms with E-state index in [0.29, 0.717) is 22.9 Å². The number of fused-ring (bicyclic) bond motifs is 1. The molecule has 1 amide bonds. The Balaban J connectivity index is 1.48. The van der Waals surface area contributed by atoms with E-state index >= 15 is 0 Å². The van der Waals surface area contributed by atoms with Crippen LogP contribution in [0.1, 0.15) is 10.5 Å². The summed E-state index contributed by atoms with van der Waals surface area (Å²) in [4.78, 5) is 28.1. The molecule has 1 fully saturated rings. The van der Waals surface area contributed by atoms with Crippen LogP contribution in [-0.4, -0.2) is 65.2 Å². The van der Waals surface area contributed by atoms with Crippen LogP contribution in [0.4, 0.5) is 0 Å².